The zero-order chi connectivity index (χ0) is 18.2. The van der Waals surface area contributed by atoms with Crippen LogP contribution in [0.2, 0.25) is 0 Å². The van der Waals surface area contributed by atoms with Crippen LogP contribution in [0.1, 0.15) is 41.2 Å². The number of rotatable bonds is 8. The number of hydrogen-bond donors (Lipinski definition) is 2. The molecule has 1 aliphatic heterocycles. The predicted molar refractivity (Wildman–Crippen MR) is 104 cm³/mol. The number of amides is 2. The first-order valence-corrected chi connectivity index (χ1v) is 10.0. The lowest BCUT2D eigenvalue weighted by atomic mass is 10.1. The second-order valence-electron chi connectivity index (χ2n) is 6.49. The van der Waals surface area contributed by atoms with Gasteiger partial charge in [0.2, 0.25) is 5.91 Å². The minimum Gasteiger partial charge on any atom is -0.354 e. The van der Waals surface area contributed by atoms with Crippen molar-refractivity contribution < 1.29 is 9.59 Å². The van der Waals surface area contributed by atoms with Crippen LogP contribution < -0.4 is 10.6 Å². The van der Waals surface area contributed by atoms with Gasteiger partial charge in [-0.25, -0.2) is 0 Å². The number of nitrogens with zero attached hydrogens (tertiary/aromatic N) is 1. The number of carbonyl (C=O) groups is 2. The van der Waals surface area contributed by atoms with Crippen molar-refractivity contribution >= 4 is 23.2 Å². The summed E-state index contributed by atoms with van der Waals surface area (Å²) in [6, 6.07) is 12.3. The van der Waals surface area contributed by atoms with E-state index in [-0.39, 0.29) is 24.3 Å². The zero-order valence-corrected chi connectivity index (χ0v) is 15.6. The van der Waals surface area contributed by atoms with Crippen molar-refractivity contribution in [1.82, 2.24) is 15.5 Å². The molecule has 0 saturated carbocycles. The first kappa shape index (κ1) is 18.6. The highest BCUT2D eigenvalue weighted by Crippen LogP contribution is 2.24. The molecule has 138 valence electrons. The Morgan fingerprint density at radius 2 is 1.85 bits per heavy atom. The maximum absolute atomic E-state index is 12.2. The Morgan fingerprint density at radius 3 is 2.54 bits per heavy atom. The van der Waals surface area contributed by atoms with Crippen LogP contribution in [0.4, 0.5) is 0 Å². The Morgan fingerprint density at radius 1 is 1.08 bits per heavy atom. The Hall–Kier alpha value is -2.18. The Bertz CT molecular complexity index is 697. The van der Waals surface area contributed by atoms with E-state index < -0.39 is 0 Å². The van der Waals surface area contributed by atoms with E-state index in [9.17, 15) is 9.59 Å². The van der Waals surface area contributed by atoms with E-state index >= 15 is 0 Å². The summed E-state index contributed by atoms with van der Waals surface area (Å²) in [5.74, 6) is -0.158. The second kappa shape index (κ2) is 9.50. The monoisotopic (exact) mass is 371 g/mol. The van der Waals surface area contributed by atoms with Crippen molar-refractivity contribution in [2.75, 3.05) is 26.2 Å². The third kappa shape index (κ3) is 5.16. The number of likely N-dealkylation sites (tertiary alicyclic amines) is 1. The molecule has 0 spiro atoms. The zero-order valence-electron chi connectivity index (χ0n) is 14.8. The normalized spacial score (nSPS) is 15.5. The van der Waals surface area contributed by atoms with Crippen molar-refractivity contribution in [3.63, 3.8) is 0 Å². The number of nitrogens with one attached hydrogen (secondary N) is 2. The van der Waals surface area contributed by atoms with E-state index in [2.05, 4.69) is 27.7 Å². The number of benzene rings is 1. The quantitative estimate of drug-likeness (QED) is 0.750. The van der Waals surface area contributed by atoms with Crippen molar-refractivity contribution in [2.45, 2.75) is 25.3 Å². The van der Waals surface area contributed by atoms with Crippen LogP contribution in [0.15, 0.2) is 47.2 Å². The minimum absolute atomic E-state index is 0.0317. The highest BCUT2D eigenvalue weighted by atomic mass is 32.1. The fraction of sp³-hybridized carbons (Fsp3) is 0.400. The highest BCUT2D eigenvalue weighted by molar-refractivity contribution is 7.08. The van der Waals surface area contributed by atoms with Crippen LogP contribution >= 0.6 is 11.3 Å². The van der Waals surface area contributed by atoms with E-state index in [4.69, 9.17) is 0 Å². The lowest BCUT2D eigenvalue weighted by Gasteiger charge is -2.28. The van der Waals surface area contributed by atoms with Crippen molar-refractivity contribution in [1.29, 1.82) is 0 Å². The number of thiophene rings is 1. The topological polar surface area (TPSA) is 61.4 Å². The van der Waals surface area contributed by atoms with Gasteiger partial charge in [0.25, 0.3) is 5.91 Å². The summed E-state index contributed by atoms with van der Waals surface area (Å²) in [5, 5.41) is 9.49. The average Bonchev–Trinajstić information content (AvgIpc) is 3.37. The Balaban J connectivity index is 1.46. The summed E-state index contributed by atoms with van der Waals surface area (Å²) >= 11 is 1.48. The molecule has 1 saturated heterocycles. The molecule has 2 heterocycles. The minimum atomic E-state index is -0.127. The molecule has 2 N–H and O–H groups in total. The fourth-order valence-corrected chi connectivity index (χ4v) is 3.91. The number of hydrogen-bond acceptors (Lipinski definition) is 4. The molecule has 3 rings (SSSR count). The van der Waals surface area contributed by atoms with Gasteiger partial charge in [0.05, 0.1) is 6.04 Å². The molecular weight excluding hydrogens is 346 g/mol. The van der Waals surface area contributed by atoms with Gasteiger partial charge in [-0.15, -0.1) is 0 Å². The van der Waals surface area contributed by atoms with Crippen LogP contribution in [-0.4, -0.2) is 42.9 Å². The smallest absolute Gasteiger partial charge is 0.252 e. The standard InChI is InChI=1S/C20H25N3O2S/c24-19(8-10-21-20(25)17-9-13-26-15-17)22-14-18(23-11-4-5-12-23)16-6-2-1-3-7-16/h1-3,6-7,9,13,15,18H,4-5,8,10-12,14H2,(H,21,25)(H,22,24). The van der Waals surface area contributed by atoms with E-state index in [0.717, 1.165) is 13.1 Å². The molecule has 0 aliphatic carbocycles. The van der Waals surface area contributed by atoms with Gasteiger partial charge in [-0.2, -0.15) is 11.3 Å². The summed E-state index contributed by atoms with van der Waals surface area (Å²) in [5.41, 5.74) is 1.88. The fourth-order valence-electron chi connectivity index (χ4n) is 3.27. The summed E-state index contributed by atoms with van der Waals surface area (Å²) in [6.45, 7) is 3.10. The third-order valence-corrected chi connectivity index (χ3v) is 5.36. The predicted octanol–water partition coefficient (Wildman–Crippen LogP) is 2.82. The average molecular weight is 372 g/mol. The van der Waals surface area contributed by atoms with Crippen molar-refractivity contribution in [2.24, 2.45) is 0 Å². The van der Waals surface area contributed by atoms with Gasteiger partial charge in [0.1, 0.15) is 0 Å². The Kier molecular flexibility index (Phi) is 6.80. The van der Waals surface area contributed by atoms with Gasteiger partial charge in [-0.3, -0.25) is 14.5 Å². The van der Waals surface area contributed by atoms with Gasteiger partial charge in [0, 0.05) is 30.5 Å². The Labute approximate surface area is 158 Å². The summed E-state index contributed by atoms with van der Waals surface area (Å²) in [4.78, 5) is 26.5. The van der Waals surface area contributed by atoms with Crippen LogP contribution in [0, 0.1) is 0 Å². The molecule has 2 aromatic rings. The van der Waals surface area contributed by atoms with Gasteiger partial charge < -0.3 is 10.6 Å². The first-order chi connectivity index (χ1) is 12.7. The molecule has 5 nitrogen and oxygen atoms in total. The molecule has 6 heteroatoms. The second-order valence-corrected chi connectivity index (χ2v) is 7.27. The van der Waals surface area contributed by atoms with Gasteiger partial charge in [-0.1, -0.05) is 30.3 Å². The van der Waals surface area contributed by atoms with Crippen LogP contribution in [0.3, 0.4) is 0 Å². The molecule has 0 bridgehead atoms. The summed E-state index contributed by atoms with van der Waals surface area (Å²) in [6.07, 6.45) is 2.72. The van der Waals surface area contributed by atoms with Crippen LogP contribution in [0.5, 0.6) is 0 Å². The lowest BCUT2D eigenvalue weighted by molar-refractivity contribution is -0.121. The number of carbonyl (C=O) groups excluding carboxylic acids is 2. The van der Waals surface area contributed by atoms with E-state index in [0.29, 0.717) is 18.7 Å². The molecule has 1 atom stereocenters. The summed E-state index contributed by atoms with van der Waals surface area (Å²) in [7, 11) is 0. The van der Waals surface area contributed by atoms with Crippen LogP contribution in [0.25, 0.3) is 0 Å². The molecule has 1 aromatic heterocycles. The highest BCUT2D eigenvalue weighted by Gasteiger charge is 2.23. The molecule has 1 aromatic carbocycles. The molecular formula is C20H25N3O2S. The lowest BCUT2D eigenvalue weighted by Crippen LogP contribution is -2.38. The molecule has 0 radical (unpaired) electrons. The maximum atomic E-state index is 12.2. The maximum Gasteiger partial charge on any atom is 0.252 e. The third-order valence-electron chi connectivity index (χ3n) is 4.68. The molecule has 1 aliphatic rings. The van der Waals surface area contributed by atoms with Gasteiger partial charge >= 0.3 is 0 Å². The molecule has 2 amide bonds. The van der Waals surface area contributed by atoms with Gasteiger partial charge in [0.15, 0.2) is 0 Å². The SMILES string of the molecule is O=C(CCNC(=O)c1ccsc1)NCC(c1ccccc1)N1CCCC1. The largest absolute Gasteiger partial charge is 0.354 e. The molecule has 1 unspecified atom stereocenters. The van der Waals surface area contributed by atoms with E-state index in [1.165, 1.54) is 29.7 Å². The van der Waals surface area contributed by atoms with Crippen molar-refractivity contribution in [3.8, 4) is 0 Å². The summed E-state index contributed by atoms with van der Waals surface area (Å²) < 4.78 is 0. The van der Waals surface area contributed by atoms with E-state index in [1.807, 2.05) is 23.6 Å². The first-order valence-electron chi connectivity index (χ1n) is 9.10. The van der Waals surface area contributed by atoms with Crippen LogP contribution in [-0.2, 0) is 4.79 Å². The molecule has 26 heavy (non-hydrogen) atoms. The van der Waals surface area contributed by atoms with Gasteiger partial charge in [-0.05, 0) is 42.9 Å². The molecule has 1 fully saturated rings. The van der Waals surface area contributed by atoms with E-state index in [1.54, 1.807) is 11.4 Å². The van der Waals surface area contributed by atoms with Crippen molar-refractivity contribution in [3.05, 3.63) is 58.3 Å².